The Kier molecular flexibility index (Phi) is 4.13. The van der Waals surface area contributed by atoms with Crippen molar-refractivity contribution in [1.29, 1.82) is 0 Å². The predicted molar refractivity (Wildman–Crippen MR) is 94.3 cm³/mol. The number of amides is 1. The number of rotatable bonds is 2. The molecule has 0 spiro atoms. The monoisotopic (exact) mass is 324 g/mol. The summed E-state index contributed by atoms with van der Waals surface area (Å²) in [5.74, 6) is 1.61. The molecule has 1 aliphatic heterocycles. The molecule has 4 nitrogen and oxygen atoms in total. The Labute approximate surface area is 142 Å². The van der Waals surface area contributed by atoms with Crippen LogP contribution in [0.5, 0.6) is 5.75 Å². The van der Waals surface area contributed by atoms with Crippen molar-refractivity contribution >= 4 is 16.8 Å². The van der Waals surface area contributed by atoms with Crippen LogP contribution in [0.4, 0.5) is 0 Å². The molecule has 4 heteroatoms. The lowest BCUT2D eigenvalue weighted by Crippen LogP contribution is -2.49. The number of nitrogens with zero attached hydrogens (tertiary/aromatic N) is 2. The van der Waals surface area contributed by atoms with Gasteiger partial charge in [-0.15, -0.1) is 0 Å². The van der Waals surface area contributed by atoms with Gasteiger partial charge in [0, 0.05) is 18.0 Å². The van der Waals surface area contributed by atoms with Crippen LogP contribution in [-0.2, 0) is 0 Å². The fourth-order valence-electron chi connectivity index (χ4n) is 4.37. The van der Waals surface area contributed by atoms with Gasteiger partial charge in [-0.3, -0.25) is 4.79 Å². The first-order chi connectivity index (χ1) is 11.8. The van der Waals surface area contributed by atoms with Gasteiger partial charge in [-0.1, -0.05) is 18.9 Å². The van der Waals surface area contributed by atoms with Crippen molar-refractivity contribution in [2.24, 2.45) is 5.92 Å². The van der Waals surface area contributed by atoms with Gasteiger partial charge < -0.3 is 9.64 Å². The Morgan fingerprint density at radius 3 is 2.83 bits per heavy atom. The van der Waals surface area contributed by atoms with Crippen LogP contribution in [-0.4, -0.2) is 35.5 Å². The second-order valence-electron chi connectivity index (χ2n) is 7.01. The number of benzene rings is 1. The smallest absolute Gasteiger partial charge is 0.272 e. The van der Waals surface area contributed by atoms with Crippen molar-refractivity contribution in [2.45, 2.75) is 44.6 Å². The third-order valence-electron chi connectivity index (χ3n) is 5.62. The first kappa shape index (κ1) is 15.4. The zero-order chi connectivity index (χ0) is 16.5. The Morgan fingerprint density at radius 1 is 1.12 bits per heavy atom. The van der Waals surface area contributed by atoms with Crippen LogP contribution < -0.4 is 4.74 Å². The van der Waals surface area contributed by atoms with Crippen molar-refractivity contribution < 1.29 is 9.53 Å². The van der Waals surface area contributed by atoms with E-state index < -0.39 is 0 Å². The van der Waals surface area contributed by atoms with Crippen LogP contribution >= 0.6 is 0 Å². The van der Waals surface area contributed by atoms with Crippen molar-refractivity contribution in [3.05, 3.63) is 36.0 Å². The van der Waals surface area contributed by atoms with Gasteiger partial charge in [0.25, 0.3) is 5.91 Å². The van der Waals surface area contributed by atoms with E-state index in [1.807, 2.05) is 30.3 Å². The van der Waals surface area contributed by atoms with Crippen molar-refractivity contribution in [1.82, 2.24) is 9.88 Å². The summed E-state index contributed by atoms with van der Waals surface area (Å²) < 4.78 is 5.25. The largest absolute Gasteiger partial charge is 0.497 e. The van der Waals surface area contributed by atoms with Gasteiger partial charge in [0.05, 0.1) is 12.6 Å². The van der Waals surface area contributed by atoms with E-state index in [0.29, 0.717) is 17.7 Å². The lowest BCUT2D eigenvalue weighted by Gasteiger charge is -2.44. The van der Waals surface area contributed by atoms with Gasteiger partial charge in [-0.25, -0.2) is 4.98 Å². The number of fused-ring (bicyclic) bond motifs is 2. The highest BCUT2D eigenvalue weighted by Crippen LogP contribution is 2.36. The minimum Gasteiger partial charge on any atom is -0.497 e. The molecule has 24 heavy (non-hydrogen) atoms. The third kappa shape index (κ3) is 2.74. The number of pyridine rings is 1. The van der Waals surface area contributed by atoms with Crippen LogP contribution in [0.15, 0.2) is 30.3 Å². The van der Waals surface area contributed by atoms with Crippen molar-refractivity contribution in [3.63, 3.8) is 0 Å². The second-order valence-corrected chi connectivity index (χ2v) is 7.01. The number of ether oxygens (including phenoxy) is 1. The topological polar surface area (TPSA) is 42.4 Å². The van der Waals surface area contributed by atoms with E-state index in [-0.39, 0.29) is 5.91 Å². The molecule has 2 aliphatic rings. The summed E-state index contributed by atoms with van der Waals surface area (Å²) in [6.45, 7) is 0.877. The lowest BCUT2D eigenvalue weighted by molar-refractivity contribution is 0.0385. The maximum Gasteiger partial charge on any atom is 0.272 e. The molecule has 1 amide bonds. The van der Waals surface area contributed by atoms with Crippen LogP contribution in [0.3, 0.4) is 0 Å². The highest BCUT2D eigenvalue weighted by molar-refractivity contribution is 5.95. The number of carbonyl (C=O) groups excluding carboxylic acids is 1. The fraction of sp³-hybridized carbons (Fsp3) is 0.500. The van der Waals surface area contributed by atoms with E-state index in [1.165, 1.54) is 25.7 Å². The van der Waals surface area contributed by atoms with Crippen LogP contribution in [0.1, 0.15) is 49.0 Å². The minimum atomic E-state index is 0.101. The molecule has 1 saturated carbocycles. The highest BCUT2D eigenvalue weighted by atomic mass is 16.5. The fourth-order valence-corrected chi connectivity index (χ4v) is 4.37. The highest BCUT2D eigenvalue weighted by Gasteiger charge is 2.36. The van der Waals surface area contributed by atoms with Gasteiger partial charge >= 0.3 is 0 Å². The van der Waals surface area contributed by atoms with Crippen LogP contribution in [0.2, 0.25) is 0 Å². The first-order valence-electron chi connectivity index (χ1n) is 9.02. The maximum absolute atomic E-state index is 13.1. The number of aromatic nitrogens is 1. The number of likely N-dealkylation sites (tertiary alicyclic amines) is 1. The number of hydrogen-bond donors (Lipinski definition) is 0. The number of hydrogen-bond acceptors (Lipinski definition) is 3. The molecule has 0 bridgehead atoms. The van der Waals surface area contributed by atoms with Gasteiger partial charge in [0.1, 0.15) is 11.4 Å². The molecule has 1 aromatic heterocycles. The summed E-state index contributed by atoms with van der Waals surface area (Å²) in [7, 11) is 1.66. The molecule has 1 aliphatic carbocycles. The summed E-state index contributed by atoms with van der Waals surface area (Å²) in [5.41, 5.74) is 1.41. The second kappa shape index (κ2) is 6.42. The van der Waals surface area contributed by atoms with Gasteiger partial charge in [-0.05, 0) is 55.9 Å². The van der Waals surface area contributed by atoms with Gasteiger partial charge in [-0.2, -0.15) is 0 Å². The summed E-state index contributed by atoms with van der Waals surface area (Å²) in [5, 5.41) is 1.00. The van der Waals surface area contributed by atoms with Gasteiger partial charge in [0.2, 0.25) is 0 Å². The van der Waals surface area contributed by atoms with E-state index in [0.717, 1.165) is 36.0 Å². The molecule has 2 aromatic rings. The Hall–Kier alpha value is -2.10. The molecule has 1 saturated heterocycles. The van der Waals surface area contributed by atoms with Gasteiger partial charge in [0.15, 0.2) is 0 Å². The van der Waals surface area contributed by atoms with Crippen LogP contribution in [0, 0.1) is 5.92 Å². The van der Waals surface area contributed by atoms with Crippen LogP contribution in [0.25, 0.3) is 10.9 Å². The molecule has 2 heterocycles. The normalized spacial score (nSPS) is 23.8. The molecule has 1 aromatic carbocycles. The number of methoxy groups -OCH3 is 1. The molecule has 126 valence electrons. The van der Waals surface area contributed by atoms with E-state index in [9.17, 15) is 4.79 Å². The summed E-state index contributed by atoms with van der Waals surface area (Å²) in [6.07, 6.45) is 7.40. The van der Waals surface area contributed by atoms with E-state index in [4.69, 9.17) is 4.74 Å². The average Bonchev–Trinajstić information content (AvgIpc) is 2.66. The Morgan fingerprint density at radius 2 is 1.96 bits per heavy atom. The summed E-state index contributed by atoms with van der Waals surface area (Å²) in [4.78, 5) is 19.8. The van der Waals surface area contributed by atoms with E-state index in [1.54, 1.807) is 7.11 Å². The minimum absolute atomic E-state index is 0.101. The van der Waals surface area contributed by atoms with Crippen molar-refractivity contribution in [2.75, 3.05) is 13.7 Å². The zero-order valence-electron chi connectivity index (χ0n) is 14.2. The maximum atomic E-state index is 13.1. The first-order valence-corrected chi connectivity index (χ1v) is 9.02. The Bertz CT molecular complexity index is 756. The average molecular weight is 324 g/mol. The lowest BCUT2D eigenvalue weighted by atomic mass is 9.78. The summed E-state index contributed by atoms with van der Waals surface area (Å²) in [6, 6.07) is 10.0. The molecular formula is C20H24N2O2. The quantitative estimate of drug-likeness (QED) is 0.837. The SMILES string of the molecule is COc1ccc2nc(C(=O)N3CCCC4CCCCC43)ccc2c1. The number of piperidine rings is 1. The van der Waals surface area contributed by atoms with E-state index in [2.05, 4.69) is 9.88 Å². The predicted octanol–water partition coefficient (Wildman–Crippen LogP) is 4.04. The molecule has 0 radical (unpaired) electrons. The molecule has 2 unspecified atom stereocenters. The summed E-state index contributed by atoms with van der Waals surface area (Å²) >= 11 is 0. The number of carbonyl (C=O) groups is 1. The molecule has 0 N–H and O–H groups in total. The van der Waals surface area contributed by atoms with Crippen molar-refractivity contribution in [3.8, 4) is 5.75 Å². The molecule has 2 fully saturated rings. The zero-order valence-corrected chi connectivity index (χ0v) is 14.2. The molecule has 4 rings (SSSR count). The Balaban J connectivity index is 1.62. The van der Waals surface area contributed by atoms with E-state index >= 15 is 0 Å². The third-order valence-corrected chi connectivity index (χ3v) is 5.62. The molecular weight excluding hydrogens is 300 g/mol. The standard InChI is InChI=1S/C20H24N2O2/c1-24-16-9-11-17-15(13-16)8-10-18(21-17)20(23)22-12-4-6-14-5-2-3-7-19(14)22/h8-11,13-14,19H,2-7,12H2,1H3. The molecule has 2 atom stereocenters.